The fourth-order valence-corrected chi connectivity index (χ4v) is 4.22. The summed E-state index contributed by atoms with van der Waals surface area (Å²) in [6, 6.07) is 21.5. The van der Waals surface area contributed by atoms with Gasteiger partial charge in [-0.25, -0.2) is 9.80 Å². The van der Waals surface area contributed by atoms with Gasteiger partial charge >= 0.3 is 12.3 Å². The van der Waals surface area contributed by atoms with E-state index in [0.717, 1.165) is 21.7 Å². The molecule has 0 bridgehead atoms. The average molecular weight is 467 g/mol. The Bertz CT molecular complexity index is 1220. The molecule has 3 aromatic rings. The first-order valence-electron chi connectivity index (χ1n) is 10.2. The van der Waals surface area contributed by atoms with Crippen LogP contribution in [0.4, 0.5) is 19.3 Å². The van der Waals surface area contributed by atoms with Gasteiger partial charge in [-0.2, -0.15) is 5.10 Å². The number of benzene rings is 3. The lowest BCUT2D eigenvalue weighted by molar-refractivity contribution is -0.286. The largest absolute Gasteiger partial charge is 0.586 e. The highest BCUT2D eigenvalue weighted by Gasteiger charge is 2.43. The first kappa shape index (κ1) is 21.3. The maximum atomic E-state index is 13.3. The molecule has 33 heavy (non-hydrogen) atoms. The molecule has 2 heterocycles. The lowest BCUT2D eigenvalue weighted by Crippen LogP contribution is -2.30. The van der Waals surface area contributed by atoms with E-state index in [1.165, 1.54) is 23.2 Å². The Balaban J connectivity index is 1.40. The van der Waals surface area contributed by atoms with Gasteiger partial charge in [0.2, 0.25) is 0 Å². The predicted molar refractivity (Wildman–Crippen MR) is 122 cm³/mol. The van der Waals surface area contributed by atoms with E-state index >= 15 is 0 Å². The lowest BCUT2D eigenvalue weighted by atomic mass is 9.91. The molecule has 0 aromatic heterocycles. The Labute approximate surface area is 193 Å². The maximum absolute atomic E-state index is 13.3. The Hall–Kier alpha value is -3.59. The normalized spacial score (nSPS) is 18.2. The minimum Gasteiger partial charge on any atom is -0.395 e. The molecule has 9 heteroatoms. The van der Waals surface area contributed by atoms with E-state index in [1.807, 2.05) is 60.9 Å². The molecule has 168 valence electrons. The quantitative estimate of drug-likeness (QED) is 0.495. The monoisotopic (exact) mass is 467 g/mol. The predicted octanol–water partition coefficient (Wildman–Crippen LogP) is 5.77. The SMILES string of the molecule is CSc1ccc(C2=NN(C(=O)Nc3ccc4c(c3)OC(F)(F)O4)CC2c2ccccc2)cc1. The number of urea groups is 1. The number of anilines is 1. The molecule has 6 nitrogen and oxygen atoms in total. The number of hydrogen-bond donors (Lipinski definition) is 1. The number of alkyl halides is 2. The summed E-state index contributed by atoms with van der Waals surface area (Å²) in [5, 5.41) is 8.67. The van der Waals surface area contributed by atoms with Crippen molar-refractivity contribution in [2.75, 3.05) is 18.1 Å². The highest BCUT2D eigenvalue weighted by molar-refractivity contribution is 7.98. The van der Waals surface area contributed by atoms with Crippen LogP contribution in [0.1, 0.15) is 17.0 Å². The summed E-state index contributed by atoms with van der Waals surface area (Å²) in [4.78, 5) is 14.1. The summed E-state index contributed by atoms with van der Waals surface area (Å²) in [7, 11) is 0. The van der Waals surface area contributed by atoms with Gasteiger partial charge in [0.1, 0.15) is 0 Å². The zero-order chi connectivity index (χ0) is 23.0. The second-order valence-corrected chi connectivity index (χ2v) is 8.40. The van der Waals surface area contributed by atoms with Crippen LogP contribution in [0.3, 0.4) is 0 Å². The number of ether oxygens (including phenoxy) is 2. The van der Waals surface area contributed by atoms with Gasteiger partial charge in [-0.15, -0.1) is 20.5 Å². The van der Waals surface area contributed by atoms with Crippen molar-refractivity contribution in [3.05, 3.63) is 83.9 Å². The molecule has 0 spiro atoms. The summed E-state index contributed by atoms with van der Waals surface area (Å²) in [5.41, 5.74) is 3.06. The van der Waals surface area contributed by atoms with Crippen molar-refractivity contribution in [1.29, 1.82) is 0 Å². The summed E-state index contributed by atoms with van der Waals surface area (Å²) < 4.78 is 35.4. The Morgan fingerprint density at radius 2 is 1.79 bits per heavy atom. The minimum absolute atomic E-state index is 0.0858. The molecule has 0 aliphatic carbocycles. The van der Waals surface area contributed by atoms with E-state index in [2.05, 4.69) is 19.9 Å². The van der Waals surface area contributed by atoms with Crippen LogP contribution >= 0.6 is 11.8 Å². The van der Waals surface area contributed by atoms with Gasteiger partial charge < -0.3 is 14.8 Å². The van der Waals surface area contributed by atoms with Gasteiger partial charge in [0.25, 0.3) is 0 Å². The summed E-state index contributed by atoms with van der Waals surface area (Å²) >= 11 is 1.65. The molecule has 0 saturated heterocycles. The third-order valence-corrected chi connectivity index (χ3v) is 6.13. The van der Waals surface area contributed by atoms with E-state index < -0.39 is 12.3 Å². The first-order chi connectivity index (χ1) is 15.9. The molecular weight excluding hydrogens is 448 g/mol. The number of nitrogens with zero attached hydrogens (tertiary/aromatic N) is 2. The molecule has 1 unspecified atom stereocenters. The second-order valence-electron chi connectivity index (χ2n) is 7.52. The van der Waals surface area contributed by atoms with Gasteiger partial charge in [-0.3, -0.25) is 0 Å². The maximum Gasteiger partial charge on any atom is 0.586 e. The minimum atomic E-state index is -3.71. The molecule has 0 radical (unpaired) electrons. The molecule has 1 N–H and O–H groups in total. The fraction of sp³-hybridized carbons (Fsp3) is 0.167. The zero-order valence-corrected chi connectivity index (χ0v) is 18.3. The molecule has 1 atom stereocenters. The number of amides is 2. The molecule has 2 aliphatic rings. The molecular formula is C24H19F2N3O3S. The van der Waals surface area contributed by atoms with Crippen molar-refractivity contribution >= 4 is 29.2 Å². The number of carbonyl (C=O) groups is 1. The van der Waals surface area contributed by atoms with Gasteiger partial charge in [0, 0.05) is 22.6 Å². The molecule has 3 aromatic carbocycles. The topological polar surface area (TPSA) is 63.2 Å². The Kier molecular flexibility index (Phi) is 5.41. The van der Waals surface area contributed by atoms with Crippen LogP contribution in [0.25, 0.3) is 0 Å². The van der Waals surface area contributed by atoms with Crippen LogP contribution in [-0.2, 0) is 0 Å². The van der Waals surface area contributed by atoms with Gasteiger partial charge in [0.05, 0.1) is 12.3 Å². The Morgan fingerprint density at radius 3 is 2.52 bits per heavy atom. The summed E-state index contributed by atoms with van der Waals surface area (Å²) in [5.74, 6) is -0.329. The lowest BCUT2D eigenvalue weighted by Gasteiger charge is -2.16. The van der Waals surface area contributed by atoms with Gasteiger partial charge in [-0.1, -0.05) is 42.5 Å². The number of nitrogens with one attached hydrogen (secondary N) is 1. The van der Waals surface area contributed by atoms with Crippen LogP contribution in [0.15, 0.2) is 82.8 Å². The summed E-state index contributed by atoms with van der Waals surface area (Å²) in [6.07, 6.45) is -1.70. The molecule has 5 rings (SSSR count). The van der Waals surface area contributed by atoms with E-state index in [1.54, 1.807) is 11.8 Å². The standard InChI is InChI=1S/C24H19F2N3O3S/c1-33-18-10-7-16(8-11-18)22-19(15-5-3-2-4-6-15)14-29(28-22)23(30)27-17-9-12-20-21(13-17)32-24(25,26)31-20/h2-13,19H,14H2,1H3,(H,27,30). The van der Waals surface area contributed by atoms with Gasteiger partial charge in [-0.05, 0) is 41.6 Å². The van der Waals surface area contributed by atoms with E-state index in [4.69, 9.17) is 0 Å². The van der Waals surface area contributed by atoms with Crippen molar-refractivity contribution in [2.24, 2.45) is 5.10 Å². The number of halogens is 2. The smallest absolute Gasteiger partial charge is 0.395 e. The highest BCUT2D eigenvalue weighted by atomic mass is 32.2. The van der Waals surface area contributed by atoms with Crippen LogP contribution in [0.5, 0.6) is 11.5 Å². The number of thioether (sulfide) groups is 1. The highest BCUT2D eigenvalue weighted by Crippen LogP contribution is 2.42. The number of hydrazone groups is 1. The summed E-state index contributed by atoms with van der Waals surface area (Å²) in [6.45, 7) is 0.345. The van der Waals surface area contributed by atoms with Crippen LogP contribution in [0.2, 0.25) is 0 Å². The number of carbonyl (C=O) groups excluding carboxylic acids is 1. The second kappa shape index (κ2) is 8.40. The number of hydrogen-bond acceptors (Lipinski definition) is 5. The van der Waals surface area contributed by atoms with Crippen molar-refractivity contribution in [3.63, 3.8) is 0 Å². The molecule has 0 fully saturated rings. The Morgan fingerprint density at radius 1 is 1.06 bits per heavy atom. The van der Waals surface area contributed by atoms with E-state index in [0.29, 0.717) is 12.2 Å². The van der Waals surface area contributed by atoms with Gasteiger partial charge in [0.15, 0.2) is 11.5 Å². The first-order valence-corrected chi connectivity index (χ1v) is 11.4. The molecule has 2 amide bonds. The molecule has 2 aliphatic heterocycles. The van der Waals surface area contributed by atoms with Crippen LogP contribution < -0.4 is 14.8 Å². The van der Waals surface area contributed by atoms with Crippen molar-refractivity contribution in [2.45, 2.75) is 17.1 Å². The number of rotatable bonds is 4. The zero-order valence-electron chi connectivity index (χ0n) is 17.5. The molecule has 0 saturated carbocycles. The average Bonchev–Trinajstić information content (AvgIpc) is 3.39. The van der Waals surface area contributed by atoms with Crippen LogP contribution in [0, 0.1) is 0 Å². The fourth-order valence-electron chi connectivity index (χ4n) is 3.81. The third-order valence-electron chi connectivity index (χ3n) is 5.39. The van der Waals surface area contributed by atoms with Crippen molar-refractivity contribution in [1.82, 2.24) is 5.01 Å². The number of fused-ring (bicyclic) bond motifs is 1. The van der Waals surface area contributed by atoms with Crippen molar-refractivity contribution < 1.29 is 23.0 Å². The van der Waals surface area contributed by atoms with Crippen LogP contribution in [-0.4, -0.2) is 35.8 Å². The van der Waals surface area contributed by atoms with Crippen molar-refractivity contribution in [3.8, 4) is 11.5 Å². The van der Waals surface area contributed by atoms with E-state index in [-0.39, 0.29) is 17.4 Å². The van der Waals surface area contributed by atoms with E-state index in [9.17, 15) is 13.6 Å². The third kappa shape index (κ3) is 4.36.